The number of methoxy groups -OCH3 is 2. The van der Waals surface area contributed by atoms with Gasteiger partial charge in [-0.3, -0.25) is 19.2 Å². The van der Waals surface area contributed by atoms with Crippen LogP contribution in [0.2, 0.25) is 0 Å². The smallest absolute Gasteiger partial charge is 0.321 e. The number of esters is 2. The van der Waals surface area contributed by atoms with Crippen molar-refractivity contribution in [3.8, 4) is 0 Å². The second-order valence-electron chi connectivity index (χ2n) is 13.8. The molecule has 5 heterocycles. The van der Waals surface area contributed by atoms with E-state index in [9.17, 15) is 24.3 Å². The molecule has 6 rings (SSSR count). The summed E-state index contributed by atoms with van der Waals surface area (Å²) in [6, 6.07) is 0. The van der Waals surface area contributed by atoms with Gasteiger partial charge in [0.2, 0.25) is 0 Å². The minimum atomic E-state index is -1.12. The summed E-state index contributed by atoms with van der Waals surface area (Å²) in [5, 5.41) is 15.3. The number of ether oxygens (including phenoxy) is 2. The van der Waals surface area contributed by atoms with Crippen LogP contribution in [0.15, 0.2) is 106 Å². The summed E-state index contributed by atoms with van der Waals surface area (Å²) >= 11 is 0. The van der Waals surface area contributed by atoms with E-state index in [-0.39, 0.29) is 48.0 Å². The molecule has 0 radical (unpaired) electrons. The number of fused-ring (bicyclic) bond motifs is 5. The van der Waals surface area contributed by atoms with Gasteiger partial charge in [-0.1, -0.05) is 13.8 Å². The Morgan fingerprint density at radius 1 is 0.882 bits per heavy atom. The molecule has 5 aliphatic heterocycles. The van der Waals surface area contributed by atoms with E-state index in [1.807, 2.05) is 45.9 Å². The lowest BCUT2D eigenvalue weighted by Gasteiger charge is -2.20. The molecular weight excluding hydrogens is 648 g/mol. The Morgan fingerprint density at radius 2 is 1.51 bits per heavy atom. The number of aliphatic hydroxyl groups excluding tert-OH is 1. The molecule has 3 atom stereocenters. The monoisotopic (exact) mass is 692 g/mol. The van der Waals surface area contributed by atoms with E-state index in [1.54, 1.807) is 0 Å². The molecule has 6 aliphatic rings. The number of hydrogen-bond donors (Lipinski definition) is 2. The third kappa shape index (κ3) is 5.92. The fourth-order valence-corrected chi connectivity index (χ4v) is 7.96. The average molecular weight is 693 g/mol. The highest BCUT2D eigenvalue weighted by Crippen LogP contribution is 2.49. The standard InChI is InChI=1S/C40H44N4O7/c1-10-23-17(2)28-15-32-25(13-26(21(6)45)22(7)46)19(4)27(42-32)14-29-18(3)24(11-12-33(47)50-8)37(43-29)35-36(40(49)51-9)39(48)34-20(5)30(44-38(34)35)16-31(23)41-28/h14-16,18,24,26,36,43,48H,10-13H2,1-9H3/t18-,24-,36+/m0/s1. The molecule has 8 bridgehead atoms. The topological polar surface area (TPSA) is 156 Å². The Hall–Kier alpha value is -5.19. The van der Waals surface area contributed by atoms with Gasteiger partial charge < -0.3 is 19.9 Å². The average Bonchev–Trinajstić information content (AvgIpc) is 3.83. The molecule has 11 heteroatoms. The number of aliphatic hydroxyl groups is 1. The van der Waals surface area contributed by atoms with E-state index < -0.39 is 17.8 Å². The second kappa shape index (κ2) is 13.5. The van der Waals surface area contributed by atoms with Crippen LogP contribution in [0.3, 0.4) is 0 Å². The summed E-state index contributed by atoms with van der Waals surface area (Å²) in [5.74, 6) is -3.92. The molecule has 1 saturated heterocycles. The van der Waals surface area contributed by atoms with Gasteiger partial charge in [0.1, 0.15) is 23.2 Å². The molecule has 266 valence electrons. The predicted molar refractivity (Wildman–Crippen MR) is 194 cm³/mol. The zero-order valence-corrected chi connectivity index (χ0v) is 30.6. The number of nitrogens with zero attached hydrogens (tertiary/aromatic N) is 3. The fourth-order valence-electron chi connectivity index (χ4n) is 7.96. The molecule has 51 heavy (non-hydrogen) atoms. The van der Waals surface area contributed by atoms with E-state index in [2.05, 4.69) is 12.2 Å². The molecular formula is C40H44N4O7. The van der Waals surface area contributed by atoms with E-state index in [1.165, 1.54) is 28.1 Å². The number of allylic oxidation sites excluding steroid dienone is 11. The van der Waals surface area contributed by atoms with Gasteiger partial charge in [-0.25, -0.2) is 15.0 Å². The number of nitrogens with one attached hydrogen (secondary N) is 1. The zero-order valence-electron chi connectivity index (χ0n) is 30.6. The van der Waals surface area contributed by atoms with Gasteiger partial charge in [-0.05, 0) is 100.0 Å². The molecule has 1 fully saturated rings. The van der Waals surface area contributed by atoms with Gasteiger partial charge in [0.05, 0.1) is 54.4 Å². The van der Waals surface area contributed by atoms with Gasteiger partial charge in [-0.2, -0.15) is 0 Å². The quantitative estimate of drug-likeness (QED) is 0.214. The first-order valence-corrected chi connectivity index (χ1v) is 17.4. The highest BCUT2D eigenvalue weighted by Gasteiger charge is 2.49. The lowest BCUT2D eigenvalue weighted by atomic mass is 9.84. The maximum Gasteiger partial charge on any atom is 0.321 e. The van der Waals surface area contributed by atoms with Crippen LogP contribution in [-0.4, -0.2) is 60.0 Å². The number of aliphatic imine (C=N–C) groups is 3. The number of Topliss-reactive ketones (excluding diaryl/α,β-unsaturated/α-hetero) is 2. The number of carbonyl (C=O) groups is 4. The van der Waals surface area contributed by atoms with E-state index in [4.69, 9.17) is 24.5 Å². The molecule has 11 nitrogen and oxygen atoms in total. The molecule has 0 aromatic heterocycles. The van der Waals surface area contributed by atoms with Crippen molar-refractivity contribution in [2.45, 2.75) is 74.1 Å². The maximum atomic E-state index is 13.4. The summed E-state index contributed by atoms with van der Waals surface area (Å²) in [5.41, 5.74) is 10.6. The summed E-state index contributed by atoms with van der Waals surface area (Å²) in [6.07, 6.45) is 7.23. The molecule has 0 amide bonds. The lowest BCUT2D eigenvalue weighted by molar-refractivity contribution is -0.143. The van der Waals surface area contributed by atoms with Gasteiger partial charge in [-0.15, -0.1) is 0 Å². The van der Waals surface area contributed by atoms with Gasteiger partial charge in [0.25, 0.3) is 0 Å². The van der Waals surface area contributed by atoms with Crippen LogP contribution in [0, 0.1) is 23.7 Å². The zero-order chi connectivity index (χ0) is 37.0. The van der Waals surface area contributed by atoms with Gasteiger partial charge in [0, 0.05) is 40.8 Å². The Morgan fingerprint density at radius 3 is 2.12 bits per heavy atom. The fraction of sp³-hybridized carbons (Fsp3) is 0.425. The molecule has 0 spiro atoms. The van der Waals surface area contributed by atoms with Crippen molar-refractivity contribution in [2.24, 2.45) is 38.6 Å². The van der Waals surface area contributed by atoms with Crippen molar-refractivity contribution in [3.05, 3.63) is 91.5 Å². The summed E-state index contributed by atoms with van der Waals surface area (Å²) in [6.45, 7) is 12.8. The number of hydrogen-bond acceptors (Lipinski definition) is 11. The van der Waals surface area contributed by atoms with E-state index >= 15 is 0 Å². The summed E-state index contributed by atoms with van der Waals surface area (Å²) in [7, 11) is 2.64. The minimum Gasteiger partial charge on any atom is -0.510 e. The Bertz CT molecular complexity index is 2040. The first-order chi connectivity index (χ1) is 24.2. The van der Waals surface area contributed by atoms with E-state index in [0.29, 0.717) is 58.1 Å². The van der Waals surface area contributed by atoms with E-state index in [0.717, 1.165) is 39.4 Å². The highest BCUT2D eigenvalue weighted by atomic mass is 16.5. The van der Waals surface area contributed by atoms with Crippen LogP contribution in [-0.2, 0) is 28.7 Å². The van der Waals surface area contributed by atoms with Crippen LogP contribution < -0.4 is 5.32 Å². The number of carbonyl (C=O) groups excluding carboxylic acids is 4. The highest BCUT2D eigenvalue weighted by molar-refractivity contribution is 6.24. The normalized spacial score (nSPS) is 23.8. The van der Waals surface area contributed by atoms with Crippen LogP contribution >= 0.6 is 0 Å². The Labute approximate surface area is 297 Å². The number of rotatable bonds is 9. The van der Waals surface area contributed by atoms with Crippen molar-refractivity contribution in [1.29, 1.82) is 0 Å². The van der Waals surface area contributed by atoms with Crippen molar-refractivity contribution in [1.82, 2.24) is 5.32 Å². The Balaban J connectivity index is 1.64. The van der Waals surface area contributed by atoms with Crippen LogP contribution in [0.5, 0.6) is 0 Å². The first-order valence-electron chi connectivity index (χ1n) is 17.4. The first kappa shape index (κ1) is 35.6. The molecule has 0 saturated carbocycles. The molecule has 0 unspecified atom stereocenters. The molecule has 0 aromatic rings. The van der Waals surface area contributed by atoms with Crippen molar-refractivity contribution >= 4 is 40.6 Å². The lowest BCUT2D eigenvalue weighted by Crippen LogP contribution is -2.25. The summed E-state index contributed by atoms with van der Waals surface area (Å²) < 4.78 is 10.2. The molecule has 0 aromatic carbocycles. The SMILES string of the molecule is CCC1=C(C)C2=NC1=CC1=C(C)C3=C(O)[C@H](C(=O)OC)C(=C4NC(=CC5=NC(=C2)C(CC(C(C)=O)C(C)=O)=C5C)[C@@H](C)[C@@H]4CCC(=O)OC)C3=N1. The van der Waals surface area contributed by atoms with Crippen molar-refractivity contribution < 1.29 is 33.8 Å². The molecule has 2 N–H and O–H groups in total. The summed E-state index contributed by atoms with van der Waals surface area (Å²) in [4.78, 5) is 66.3. The molecule has 1 aliphatic carbocycles. The van der Waals surface area contributed by atoms with Crippen LogP contribution in [0.4, 0.5) is 0 Å². The van der Waals surface area contributed by atoms with Gasteiger partial charge in [0.15, 0.2) is 0 Å². The van der Waals surface area contributed by atoms with Crippen LogP contribution in [0.25, 0.3) is 0 Å². The third-order valence-electron chi connectivity index (χ3n) is 11.0. The van der Waals surface area contributed by atoms with Gasteiger partial charge >= 0.3 is 11.9 Å². The predicted octanol–water partition coefficient (Wildman–Crippen LogP) is 6.19. The Kier molecular flexibility index (Phi) is 9.43. The van der Waals surface area contributed by atoms with Crippen LogP contribution in [0.1, 0.15) is 74.1 Å². The maximum absolute atomic E-state index is 13.4. The largest absolute Gasteiger partial charge is 0.510 e. The van der Waals surface area contributed by atoms with Crippen molar-refractivity contribution in [2.75, 3.05) is 14.2 Å². The third-order valence-corrected chi connectivity index (χ3v) is 11.0. The van der Waals surface area contributed by atoms with Crippen molar-refractivity contribution in [3.63, 3.8) is 0 Å². The number of ketones is 2. The minimum absolute atomic E-state index is 0.131. The second-order valence-corrected chi connectivity index (χ2v) is 13.8.